The van der Waals surface area contributed by atoms with Crippen LogP contribution >= 0.6 is 0 Å². The molecule has 0 saturated heterocycles. The molecular weight excluding hydrogens is 226 g/mol. The molecule has 0 amide bonds. The van der Waals surface area contributed by atoms with Gasteiger partial charge in [-0.3, -0.25) is 4.68 Å². The van der Waals surface area contributed by atoms with E-state index in [2.05, 4.69) is 23.7 Å². The molecule has 0 aliphatic rings. The maximum absolute atomic E-state index is 11.8. The van der Waals surface area contributed by atoms with Crippen LogP contribution in [-0.2, 0) is 17.1 Å². The van der Waals surface area contributed by atoms with Crippen molar-refractivity contribution >= 4 is 10.0 Å². The summed E-state index contributed by atoms with van der Waals surface area (Å²) < 4.78 is 27.7. The van der Waals surface area contributed by atoms with E-state index in [-0.39, 0.29) is 4.90 Å². The van der Waals surface area contributed by atoms with Crippen molar-refractivity contribution in [3.63, 3.8) is 0 Å². The second-order valence-electron chi connectivity index (χ2n) is 4.42. The molecule has 1 aromatic heterocycles. The number of sulfonamides is 1. The summed E-state index contributed by atoms with van der Waals surface area (Å²) in [5.41, 5.74) is 0. The molecular formula is C10H19N3O2S. The number of aryl methyl sites for hydroxylation is 1. The van der Waals surface area contributed by atoms with Crippen molar-refractivity contribution in [3.8, 4) is 0 Å². The fraction of sp³-hybridized carbons (Fsp3) is 0.700. The van der Waals surface area contributed by atoms with Crippen molar-refractivity contribution in [2.24, 2.45) is 18.9 Å². The molecule has 92 valence electrons. The molecule has 1 heterocycles. The van der Waals surface area contributed by atoms with Gasteiger partial charge in [-0.05, 0) is 11.8 Å². The van der Waals surface area contributed by atoms with Crippen LogP contribution in [0.2, 0.25) is 0 Å². The van der Waals surface area contributed by atoms with E-state index in [1.165, 1.54) is 17.1 Å². The highest BCUT2D eigenvalue weighted by Crippen LogP contribution is 2.11. The van der Waals surface area contributed by atoms with Crippen molar-refractivity contribution in [2.75, 3.05) is 6.54 Å². The third-order valence-electron chi connectivity index (χ3n) is 2.72. The Labute approximate surface area is 96.9 Å². The second kappa shape index (κ2) is 4.97. The molecule has 6 heteroatoms. The number of hydrogen-bond acceptors (Lipinski definition) is 3. The Balaban J connectivity index is 2.67. The fourth-order valence-electron chi connectivity index (χ4n) is 1.10. The van der Waals surface area contributed by atoms with Gasteiger partial charge in [-0.1, -0.05) is 20.8 Å². The van der Waals surface area contributed by atoms with Crippen molar-refractivity contribution in [3.05, 3.63) is 12.4 Å². The maximum Gasteiger partial charge on any atom is 0.243 e. The molecule has 5 nitrogen and oxygen atoms in total. The van der Waals surface area contributed by atoms with E-state index in [1.54, 1.807) is 7.05 Å². The summed E-state index contributed by atoms with van der Waals surface area (Å²) in [6.45, 7) is 6.62. The highest BCUT2D eigenvalue weighted by atomic mass is 32.2. The van der Waals surface area contributed by atoms with Crippen LogP contribution in [0.5, 0.6) is 0 Å². The Bertz CT molecular complexity index is 437. The summed E-state index contributed by atoms with van der Waals surface area (Å²) in [6, 6.07) is 0. The van der Waals surface area contributed by atoms with Crippen LogP contribution in [0.1, 0.15) is 20.8 Å². The number of rotatable bonds is 5. The summed E-state index contributed by atoms with van der Waals surface area (Å²) in [6.07, 6.45) is 2.84. The number of hydrogen-bond donors (Lipinski definition) is 1. The third-order valence-corrected chi connectivity index (χ3v) is 4.10. The highest BCUT2D eigenvalue weighted by Gasteiger charge is 2.17. The highest BCUT2D eigenvalue weighted by molar-refractivity contribution is 7.89. The molecule has 1 rings (SSSR count). The summed E-state index contributed by atoms with van der Waals surface area (Å²) in [5, 5.41) is 3.84. The minimum Gasteiger partial charge on any atom is -0.274 e. The predicted molar refractivity (Wildman–Crippen MR) is 62.4 cm³/mol. The summed E-state index contributed by atoms with van der Waals surface area (Å²) in [5.74, 6) is 0.767. The Morgan fingerprint density at radius 2 is 2.06 bits per heavy atom. The van der Waals surface area contributed by atoms with Gasteiger partial charge in [-0.2, -0.15) is 5.10 Å². The molecule has 16 heavy (non-hydrogen) atoms. The molecule has 0 radical (unpaired) electrons. The van der Waals surface area contributed by atoms with E-state index in [9.17, 15) is 8.42 Å². The summed E-state index contributed by atoms with van der Waals surface area (Å²) in [4.78, 5) is 0.214. The molecule has 0 saturated carbocycles. The molecule has 0 aliphatic carbocycles. The van der Waals surface area contributed by atoms with Crippen LogP contribution in [0.4, 0.5) is 0 Å². The van der Waals surface area contributed by atoms with Gasteiger partial charge in [0.05, 0.1) is 6.20 Å². The van der Waals surface area contributed by atoms with E-state index < -0.39 is 10.0 Å². The second-order valence-corrected chi connectivity index (χ2v) is 6.19. The van der Waals surface area contributed by atoms with Gasteiger partial charge in [-0.25, -0.2) is 13.1 Å². The first-order valence-electron chi connectivity index (χ1n) is 5.31. The van der Waals surface area contributed by atoms with Gasteiger partial charge in [0.1, 0.15) is 4.90 Å². The zero-order valence-electron chi connectivity index (χ0n) is 10.1. The summed E-state index contributed by atoms with van der Waals surface area (Å²) in [7, 11) is -1.71. The summed E-state index contributed by atoms with van der Waals surface area (Å²) >= 11 is 0. The lowest BCUT2D eigenvalue weighted by Gasteiger charge is -2.15. The Kier molecular flexibility index (Phi) is 4.09. The molecule has 0 aromatic carbocycles. The Hall–Kier alpha value is -0.880. The molecule has 0 spiro atoms. The van der Waals surface area contributed by atoms with E-state index in [0.717, 1.165) is 0 Å². The average Bonchev–Trinajstić information content (AvgIpc) is 2.61. The van der Waals surface area contributed by atoms with Gasteiger partial charge >= 0.3 is 0 Å². The van der Waals surface area contributed by atoms with Crippen molar-refractivity contribution < 1.29 is 8.42 Å². The number of aromatic nitrogens is 2. The topological polar surface area (TPSA) is 64.0 Å². The predicted octanol–water partition coefficient (Wildman–Crippen LogP) is 0.990. The van der Waals surface area contributed by atoms with Gasteiger partial charge in [0.2, 0.25) is 10.0 Å². The normalized spacial score (nSPS) is 14.3. The number of nitrogens with zero attached hydrogens (tertiary/aromatic N) is 2. The third kappa shape index (κ3) is 3.31. The van der Waals surface area contributed by atoms with E-state index in [4.69, 9.17) is 0 Å². The largest absolute Gasteiger partial charge is 0.274 e. The molecule has 1 aromatic rings. The molecule has 1 N–H and O–H groups in total. The molecule has 1 atom stereocenters. The Morgan fingerprint density at radius 3 is 2.50 bits per heavy atom. The SMILES string of the molecule is CC(C)[C@H](C)CNS(=O)(=O)c1cnn(C)c1. The lowest BCUT2D eigenvalue weighted by atomic mass is 9.99. The molecule has 0 unspecified atom stereocenters. The van der Waals surface area contributed by atoms with Gasteiger partial charge < -0.3 is 0 Å². The van der Waals surface area contributed by atoms with E-state index >= 15 is 0 Å². The lowest BCUT2D eigenvalue weighted by Crippen LogP contribution is -2.30. The quantitative estimate of drug-likeness (QED) is 0.841. The average molecular weight is 245 g/mol. The fourth-order valence-corrected chi connectivity index (χ4v) is 2.22. The van der Waals surface area contributed by atoms with E-state index in [1.807, 2.05) is 6.92 Å². The van der Waals surface area contributed by atoms with Crippen molar-refractivity contribution in [2.45, 2.75) is 25.7 Å². The van der Waals surface area contributed by atoms with Crippen LogP contribution < -0.4 is 4.72 Å². The van der Waals surface area contributed by atoms with Crippen molar-refractivity contribution in [1.82, 2.24) is 14.5 Å². The standard InChI is InChI=1S/C10H19N3O2S/c1-8(2)9(3)5-12-16(14,15)10-6-11-13(4)7-10/h6-9,12H,5H2,1-4H3/t9-/m1/s1. The first-order valence-corrected chi connectivity index (χ1v) is 6.79. The first-order chi connectivity index (χ1) is 7.33. The smallest absolute Gasteiger partial charge is 0.243 e. The van der Waals surface area contributed by atoms with E-state index in [0.29, 0.717) is 18.4 Å². The first kappa shape index (κ1) is 13.2. The van der Waals surface area contributed by atoms with Crippen LogP contribution in [0.15, 0.2) is 17.3 Å². The van der Waals surface area contributed by atoms with Gasteiger partial charge in [0, 0.05) is 19.8 Å². The Morgan fingerprint density at radius 1 is 1.44 bits per heavy atom. The number of nitrogens with one attached hydrogen (secondary N) is 1. The van der Waals surface area contributed by atoms with Crippen LogP contribution in [-0.4, -0.2) is 24.7 Å². The molecule has 0 fully saturated rings. The van der Waals surface area contributed by atoms with Crippen LogP contribution in [0.25, 0.3) is 0 Å². The molecule has 0 aliphatic heterocycles. The van der Waals surface area contributed by atoms with Gasteiger partial charge in [0.15, 0.2) is 0 Å². The van der Waals surface area contributed by atoms with Crippen LogP contribution in [0.3, 0.4) is 0 Å². The zero-order chi connectivity index (χ0) is 12.3. The van der Waals surface area contributed by atoms with Crippen molar-refractivity contribution in [1.29, 1.82) is 0 Å². The maximum atomic E-state index is 11.8. The van der Waals surface area contributed by atoms with Crippen LogP contribution in [0, 0.1) is 11.8 Å². The minimum absolute atomic E-state index is 0.214. The zero-order valence-corrected chi connectivity index (χ0v) is 11.0. The monoisotopic (exact) mass is 245 g/mol. The van der Waals surface area contributed by atoms with Gasteiger partial charge in [-0.15, -0.1) is 0 Å². The molecule has 0 bridgehead atoms. The van der Waals surface area contributed by atoms with Gasteiger partial charge in [0.25, 0.3) is 0 Å². The minimum atomic E-state index is -3.40. The lowest BCUT2D eigenvalue weighted by molar-refractivity contribution is 0.414.